The summed E-state index contributed by atoms with van der Waals surface area (Å²) in [6.45, 7) is 11.7. The van der Waals surface area contributed by atoms with Crippen LogP contribution in [0.5, 0.6) is 0 Å². The van der Waals surface area contributed by atoms with E-state index in [0.29, 0.717) is 30.2 Å². The van der Waals surface area contributed by atoms with Gasteiger partial charge in [0.05, 0.1) is 0 Å². The molecule has 1 amide bonds. The summed E-state index contributed by atoms with van der Waals surface area (Å²) in [5, 5.41) is 3.43. The van der Waals surface area contributed by atoms with Crippen molar-refractivity contribution in [2.75, 3.05) is 19.6 Å². The summed E-state index contributed by atoms with van der Waals surface area (Å²) in [6, 6.07) is 0.323. The van der Waals surface area contributed by atoms with Crippen molar-refractivity contribution >= 4 is 5.91 Å². The minimum absolute atomic E-state index is 0.323. The van der Waals surface area contributed by atoms with E-state index >= 15 is 0 Å². The highest BCUT2D eigenvalue weighted by Gasteiger charge is 2.23. The summed E-state index contributed by atoms with van der Waals surface area (Å²) in [4.78, 5) is 14.4. The van der Waals surface area contributed by atoms with Gasteiger partial charge in [0.15, 0.2) is 0 Å². The van der Waals surface area contributed by atoms with Gasteiger partial charge in [-0.25, -0.2) is 0 Å². The molecule has 3 nitrogen and oxygen atoms in total. The van der Waals surface area contributed by atoms with E-state index in [4.69, 9.17) is 0 Å². The Balaban J connectivity index is 2.50. The predicted molar refractivity (Wildman–Crippen MR) is 76.5 cm³/mol. The lowest BCUT2D eigenvalue weighted by atomic mass is 9.97. The number of nitrogens with zero attached hydrogens (tertiary/aromatic N) is 1. The summed E-state index contributed by atoms with van der Waals surface area (Å²) < 4.78 is 0. The fourth-order valence-corrected chi connectivity index (χ4v) is 2.52. The van der Waals surface area contributed by atoms with Gasteiger partial charge in [0.1, 0.15) is 0 Å². The minimum atomic E-state index is 0.323. The van der Waals surface area contributed by atoms with Crippen molar-refractivity contribution in [1.29, 1.82) is 0 Å². The van der Waals surface area contributed by atoms with Gasteiger partial charge < -0.3 is 10.2 Å². The molecule has 1 saturated heterocycles. The van der Waals surface area contributed by atoms with Crippen LogP contribution in [0.2, 0.25) is 0 Å². The third-order valence-corrected chi connectivity index (χ3v) is 4.02. The van der Waals surface area contributed by atoms with E-state index in [-0.39, 0.29) is 0 Å². The van der Waals surface area contributed by atoms with Crippen molar-refractivity contribution < 1.29 is 4.79 Å². The largest absolute Gasteiger partial charge is 0.340 e. The molecular weight excluding hydrogens is 224 g/mol. The Labute approximate surface area is 112 Å². The van der Waals surface area contributed by atoms with Crippen LogP contribution >= 0.6 is 0 Å². The third kappa shape index (κ3) is 4.97. The highest BCUT2D eigenvalue weighted by Crippen LogP contribution is 2.16. The standard InChI is InChI=1S/C15H30N2O/c1-5-13(4)9-15(18)17(12(2)3)11-14-7-6-8-16-10-14/h12-14,16H,5-11H2,1-4H3. The molecule has 0 bridgehead atoms. The molecule has 0 radical (unpaired) electrons. The van der Waals surface area contributed by atoms with Crippen LogP contribution in [0.3, 0.4) is 0 Å². The zero-order chi connectivity index (χ0) is 13.5. The van der Waals surface area contributed by atoms with Crippen molar-refractivity contribution in [2.45, 2.75) is 59.4 Å². The highest BCUT2D eigenvalue weighted by molar-refractivity contribution is 5.76. The number of nitrogens with one attached hydrogen (secondary N) is 1. The van der Waals surface area contributed by atoms with Crippen LogP contribution in [-0.4, -0.2) is 36.5 Å². The van der Waals surface area contributed by atoms with Crippen LogP contribution in [0.15, 0.2) is 0 Å². The molecule has 1 fully saturated rings. The molecule has 1 heterocycles. The van der Waals surface area contributed by atoms with Gasteiger partial charge in [-0.2, -0.15) is 0 Å². The lowest BCUT2D eigenvalue weighted by Crippen LogP contribution is -2.44. The molecule has 2 atom stereocenters. The number of piperidine rings is 1. The summed E-state index contributed by atoms with van der Waals surface area (Å²) >= 11 is 0. The molecule has 2 unspecified atom stereocenters. The van der Waals surface area contributed by atoms with Crippen molar-refractivity contribution in [2.24, 2.45) is 11.8 Å². The van der Waals surface area contributed by atoms with E-state index in [1.54, 1.807) is 0 Å². The molecule has 1 rings (SSSR count). The van der Waals surface area contributed by atoms with E-state index in [9.17, 15) is 4.79 Å². The van der Waals surface area contributed by atoms with Crippen LogP contribution in [0.4, 0.5) is 0 Å². The summed E-state index contributed by atoms with van der Waals surface area (Å²) in [7, 11) is 0. The number of carbonyl (C=O) groups excluding carboxylic acids is 1. The van der Waals surface area contributed by atoms with Crippen LogP contribution in [0.1, 0.15) is 53.4 Å². The molecule has 0 aromatic carbocycles. The molecule has 1 aliphatic heterocycles. The third-order valence-electron chi connectivity index (χ3n) is 4.02. The van der Waals surface area contributed by atoms with Crippen LogP contribution in [-0.2, 0) is 4.79 Å². The Bertz CT molecular complexity index is 247. The van der Waals surface area contributed by atoms with E-state index in [0.717, 1.165) is 26.1 Å². The molecule has 18 heavy (non-hydrogen) atoms. The first-order valence-corrected chi connectivity index (χ1v) is 7.54. The second-order valence-corrected chi connectivity index (χ2v) is 6.07. The molecule has 3 heteroatoms. The normalized spacial score (nSPS) is 21.9. The van der Waals surface area contributed by atoms with Crippen molar-refractivity contribution in [1.82, 2.24) is 10.2 Å². The summed E-state index contributed by atoms with van der Waals surface area (Å²) in [6.07, 6.45) is 4.29. The van der Waals surface area contributed by atoms with Gasteiger partial charge in [0.25, 0.3) is 0 Å². The van der Waals surface area contributed by atoms with Gasteiger partial charge in [-0.3, -0.25) is 4.79 Å². The molecular formula is C15H30N2O. The van der Waals surface area contributed by atoms with Crippen molar-refractivity contribution in [3.63, 3.8) is 0 Å². The number of carbonyl (C=O) groups is 1. The van der Waals surface area contributed by atoms with Gasteiger partial charge in [0.2, 0.25) is 5.91 Å². The summed E-state index contributed by atoms with van der Waals surface area (Å²) in [5.41, 5.74) is 0. The second kappa shape index (κ2) is 7.78. The first kappa shape index (κ1) is 15.5. The lowest BCUT2D eigenvalue weighted by Gasteiger charge is -2.33. The minimum Gasteiger partial charge on any atom is -0.340 e. The van der Waals surface area contributed by atoms with Gasteiger partial charge in [-0.1, -0.05) is 20.3 Å². The molecule has 1 N–H and O–H groups in total. The van der Waals surface area contributed by atoms with E-state index < -0.39 is 0 Å². The Morgan fingerprint density at radius 3 is 2.61 bits per heavy atom. The SMILES string of the molecule is CCC(C)CC(=O)N(CC1CCCNC1)C(C)C. The molecule has 0 saturated carbocycles. The monoisotopic (exact) mass is 254 g/mol. The number of hydrogen-bond acceptors (Lipinski definition) is 2. The van der Waals surface area contributed by atoms with Gasteiger partial charge in [0, 0.05) is 19.0 Å². The maximum atomic E-state index is 12.3. The fraction of sp³-hybridized carbons (Fsp3) is 0.933. The molecule has 0 spiro atoms. The van der Waals surface area contributed by atoms with Gasteiger partial charge in [-0.15, -0.1) is 0 Å². The molecule has 0 aliphatic carbocycles. The number of hydrogen-bond donors (Lipinski definition) is 1. The second-order valence-electron chi connectivity index (χ2n) is 6.07. The maximum Gasteiger partial charge on any atom is 0.223 e. The number of amides is 1. The molecule has 1 aliphatic rings. The van der Waals surface area contributed by atoms with Crippen LogP contribution < -0.4 is 5.32 Å². The molecule has 106 valence electrons. The average Bonchev–Trinajstić information content (AvgIpc) is 2.36. The lowest BCUT2D eigenvalue weighted by molar-refractivity contribution is -0.134. The van der Waals surface area contributed by atoms with Gasteiger partial charge >= 0.3 is 0 Å². The van der Waals surface area contributed by atoms with E-state index in [1.165, 1.54) is 12.8 Å². The first-order chi connectivity index (χ1) is 8.54. The van der Waals surface area contributed by atoms with E-state index in [2.05, 4.69) is 37.9 Å². The van der Waals surface area contributed by atoms with Crippen molar-refractivity contribution in [3.05, 3.63) is 0 Å². The van der Waals surface area contributed by atoms with Crippen molar-refractivity contribution in [3.8, 4) is 0 Å². The highest BCUT2D eigenvalue weighted by atomic mass is 16.2. The zero-order valence-corrected chi connectivity index (χ0v) is 12.5. The fourth-order valence-electron chi connectivity index (χ4n) is 2.52. The first-order valence-electron chi connectivity index (χ1n) is 7.54. The smallest absolute Gasteiger partial charge is 0.223 e. The van der Waals surface area contributed by atoms with Gasteiger partial charge in [-0.05, 0) is 51.6 Å². The predicted octanol–water partition coefficient (Wildman–Crippen LogP) is 2.66. The topological polar surface area (TPSA) is 32.3 Å². The maximum absolute atomic E-state index is 12.3. The molecule has 0 aromatic heterocycles. The Kier molecular flexibility index (Phi) is 6.69. The Morgan fingerprint density at radius 1 is 1.39 bits per heavy atom. The molecule has 0 aromatic rings. The zero-order valence-electron chi connectivity index (χ0n) is 12.5. The van der Waals surface area contributed by atoms with Crippen LogP contribution in [0, 0.1) is 11.8 Å². The Hall–Kier alpha value is -0.570. The Morgan fingerprint density at radius 2 is 2.11 bits per heavy atom. The summed E-state index contributed by atoms with van der Waals surface area (Å²) in [5.74, 6) is 1.48. The number of rotatable bonds is 6. The quantitative estimate of drug-likeness (QED) is 0.790. The van der Waals surface area contributed by atoms with Crippen LogP contribution in [0.25, 0.3) is 0 Å². The average molecular weight is 254 g/mol. The van der Waals surface area contributed by atoms with E-state index in [1.807, 2.05) is 0 Å².